The van der Waals surface area contributed by atoms with Gasteiger partial charge in [0.05, 0.1) is 17.1 Å². The number of rotatable bonds is 8. The molecule has 1 aromatic carbocycles. The van der Waals surface area contributed by atoms with E-state index in [2.05, 4.69) is 28.8 Å². The van der Waals surface area contributed by atoms with Crippen molar-refractivity contribution in [2.24, 2.45) is 10.6 Å². The fourth-order valence-corrected chi connectivity index (χ4v) is 5.24. The van der Waals surface area contributed by atoms with Crippen molar-refractivity contribution < 1.29 is 13.2 Å². The second kappa shape index (κ2) is 10.6. The van der Waals surface area contributed by atoms with E-state index in [1.165, 1.54) is 0 Å². The van der Waals surface area contributed by atoms with E-state index in [0.717, 1.165) is 47.7 Å². The Labute approximate surface area is 197 Å². The Bertz CT molecular complexity index is 914. The average Bonchev–Trinajstić information content (AvgIpc) is 2.97. The molecule has 1 aliphatic heterocycles. The first-order valence-electron chi connectivity index (χ1n) is 10.4. The third kappa shape index (κ3) is 6.43. The molecule has 7 nitrogen and oxygen atoms in total. The van der Waals surface area contributed by atoms with Gasteiger partial charge in [0, 0.05) is 23.8 Å². The van der Waals surface area contributed by atoms with Crippen LogP contribution in [0.3, 0.4) is 0 Å². The van der Waals surface area contributed by atoms with Gasteiger partial charge in [0.2, 0.25) is 5.91 Å². The topological polar surface area (TPSA) is 105 Å². The standard InChI is InChI=1S/C21H36N4O3S2.ClH/c1-8-10-25-15(12-29-9-2)11-16-13(3)17(24-30(22,27)28)14(4)18(19(16)25)23-20(26)21(5,6)7;/h15,24H,8-12H2,1-7H3,(H,23,26)(H2,22,27,28);1H. The van der Waals surface area contributed by atoms with Gasteiger partial charge in [-0.1, -0.05) is 34.6 Å². The number of hydrogen-bond acceptors (Lipinski definition) is 5. The number of anilines is 3. The molecule has 1 unspecified atom stereocenters. The number of carbonyl (C=O) groups is 1. The summed E-state index contributed by atoms with van der Waals surface area (Å²) in [4.78, 5) is 15.3. The van der Waals surface area contributed by atoms with E-state index in [1.807, 2.05) is 46.4 Å². The minimum atomic E-state index is -3.95. The fourth-order valence-electron chi connectivity index (χ4n) is 3.85. The minimum absolute atomic E-state index is 0. The van der Waals surface area contributed by atoms with E-state index in [0.29, 0.717) is 23.0 Å². The Hall–Kier alpha value is -1.16. The second-order valence-corrected chi connectivity index (χ2v) is 11.5. The molecule has 1 amide bonds. The molecule has 1 heterocycles. The summed E-state index contributed by atoms with van der Waals surface area (Å²) in [6.45, 7) is 14.5. The van der Waals surface area contributed by atoms with Crippen molar-refractivity contribution in [2.75, 3.05) is 33.0 Å². The lowest BCUT2D eigenvalue weighted by atomic mass is 9.93. The molecule has 0 aromatic heterocycles. The van der Waals surface area contributed by atoms with E-state index in [9.17, 15) is 13.2 Å². The molecule has 0 radical (unpaired) electrons. The summed E-state index contributed by atoms with van der Waals surface area (Å²) in [5, 5.41) is 8.40. The Balaban J connectivity index is 0.00000480. The van der Waals surface area contributed by atoms with Crippen molar-refractivity contribution in [1.82, 2.24) is 0 Å². The van der Waals surface area contributed by atoms with Crippen molar-refractivity contribution in [1.29, 1.82) is 0 Å². The van der Waals surface area contributed by atoms with Gasteiger partial charge in [-0.05, 0) is 49.1 Å². The van der Waals surface area contributed by atoms with Crippen LogP contribution in [-0.2, 0) is 21.4 Å². The van der Waals surface area contributed by atoms with Gasteiger partial charge in [-0.25, -0.2) is 5.14 Å². The lowest BCUT2D eigenvalue weighted by molar-refractivity contribution is -0.123. The van der Waals surface area contributed by atoms with Crippen LogP contribution in [0.2, 0.25) is 0 Å². The van der Waals surface area contributed by atoms with Crippen molar-refractivity contribution >= 4 is 57.3 Å². The zero-order chi connectivity index (χ0) is 22.9. The quantitative estimate of drug-likeness (QED) is 0.504. The molecule has 1 atom stereocenters. The van der Waals surface area contributed by atoms with Crippen LogP contribution in [0.4, 0.5) is 17.1 Å². The Morgan fingerprint density at radius 3 is 2.29 bits per heavy atom. The summed E-state index contributed by atoms with van der Waals surface area (Å²) in [6.07, 6.45) is 1.79. The Morgan fingerprint density at radius 1 is 1.19 bits per heavy atom. The molecule has 2 rings (SSSR count). The lowest BCUT2D eigenvalue weighted by Crippen LogP contribution is -2.36. The predicted molar refractivity (Wildman–Crippen MR) is 136 cm³/mol. The summed E-state index contributed by atoms with van der Waals surface area (Å²) >= 11 is 1.89. The number of fused-ring (bicyclic) bond motifs is 1. The first-order valence-corrected chi connectivity index (χ1v) is 13.1. The van der Waals surface area contributed by atoms with Gasteiger partial charge in [-0.2, -0.15) is 20.2 Å². The maximum Gasteiger partial charge on any atom is 0.296 e. The molecule has 0 saturated heterocycles. The van der Waals surface area contributed by atoms with Crippen LogP contribution in [-0.4, -0.2) is 38.4 Å². The first-order chi connectivity index (χ1) is 13.8. The van der Waals surface area contributed by atoms with Gasteiger partial charge in [0.25, 0.3) is 10.2 Å². The largest absolute Gasteiger partial charge is 0.365 e. The lowest BCUT2D eigenvalue weighted by Gasteiger charge is -2.31. The highest BCUT2D eigenvalue weighted by Crippen LogP contribution is 2.47. The molecule has 0 spiro atoms. The number of benzene rings is 1. The smallest absolute Gasteiger partial charge is 0.296 e. The zero-order valence-electron chi connectivity index (χ0n) is 19.6. The maximum atomic E-state index is 12.9. The van der Waals surface area contributed by atoms with Gasteiger partial charge in [-0.3, -0.25) is 9.52 Å². The molecular formula is C21H37ClN4O3S2. The van der Waals surface area contributed by atoms with Gasteiger partial charge in [-0.15, -0.1) is 12.4 Å². The first kappa shape index (κ1) is 27.9. The molecule has 0 fully saturated rings. The number of carbonyl (C=O) groups excluding carboxylic acids is 1. The van der Waals surface area contributed by atoms with Gasteiger partial charge in [0.15, 0.2) is 0 Å². The number of hydrogen-bond donors (Lipinski definition) is 3. The molecule has 0 aliphatic carbocycles. The number of nitrogens with zero attached hydrogens (tertiary/aromatic N) is 1. The van der Waals surface area contributed by atoms with Crippen LogP contribution in [0, 0.1) is 19.3 Å². The number of halogens is 1. The van der Waals surface area contributed by atoms with Crippen molar-refractivity contribution in [2.45, 2.75) is 67.3 Å². The van der Waals surface area contributed by atoms with Crippen LogP contribution in [0.15, 0.2) is 0 Å². The summed E-state index contributed by atoms with van der Waals surface area (Å²) in [5.74, 6) is 1.91. The summed E-state index contributed by atoms with van der Waals surface area (Å²) in [7, 11) is -3.95. The van der Waals surface area contributed by atoms with E-state index in [1.54, 1.807) is 0 Å². The number of thioether (sulfide) groups is 1. The van der Waals surface area contributed by atoms with Crippen molar-refractivity contribution in [3.05, 3.63) is 16.7 Å². The van der Waals surface area contributed by atoms with Crippen LogP contribution in [0.5, 0.6) is 0 Å². The van der Waals surface area contributed by atoms with Crippen LogP contribution in [0.25, 0.3) is 0 Å². The van der Waals surface area contributed by atoms with E-state index >= 15 is 0 Å². The highest BCUT2D eigenvalue weighted by atomic mass is 35.5. The Morgan fingerprint density at radius 2 is 1.81 bits per heavy atom. The maximum absolute atomic E-state index is 12.9. The zero-order valence-corrected chi connectivity index (χ0v) is 22.0. The third-order valence-electron chi connectivity index (χ3n) is 5.41. The van der Waals surface area contributed by atoms with Crippen LogP contribution >= 0.6 is 24.2 Å². The second-order valence-electron chi connectivity index (χ2n) is 8.89. The van der Waals surface area contributed by atoms with Crippen LogP contribution < -0.4 is 20.1 Å². The molecule has 0 saturated carbocycles. The van der Waals surface area contributed by atoms with E-state index in [-0.39, 0.29) is 18.3 Å². The number of nitrogens with one attached hydrogen (secondary N) is 2. The normalized spacial score (nSPS) is 16.0. The molecule has 10 heteroatoms. The van der Waals surface area contributed by atoms with Gasteiger partial charge < -0.3 is 10.2 Å². The SMILES string of the molecule is CCCN1c2c(c(C)c(NS(N)(=O)=O)c(C)c2NC(=O)C(C)(C)C)CC1CSCC.Cl. The highest BCUT2D eigenvalue weighted by Gasteiger charge is 2.36. The molecule has 178 valence electrons. The number of nitrogens with two attached hydrogens (primary N) is 1. The molecule has 1 aliphatic rings. The number of amides is 1. The van der Waals surface area contributed by atoms with Crippen molar-refractivity contribution in [3.63, 3.8) is 0 Å². The van der Waals surface area contributed by atoms with Gasteiger partial charge in [0.1, 0.15) is 0 Å². The molecular weight excluding hydrogens is 456 g/mol. The predicted octanol–water partition coefficient (Wildman–Crippen LogP) is 4.22. The molecule has 0 bridgehead atoms. The highest BCUT2D eigenvalue weighted by molar-refractivity contribution is 7.99. The summed E-state index contributed by atoms with van der Waals surface area (Å²) < 4.78 is 26.2. The third-order valence-corrected chi connectivity index (χ3v) is 6.93. The molecule has 4 N–H and O–H groups in total. The fraction of sp³-hybridized carbons (Fsp3) is 0.667. The minimum Gasteiger partial charge on any atom is -0.365 e. The summed E-state index contributed by atoms with van der Waals surface area (Å²) in [6, 6.07) is 0.304. The van der Waals surface area contributed by atoms with Gasteiger partial charge >= 0.3 is 0 Å². The van der Waals surface area contributed by atoms with Crippen molar-refractivity contribution in [3.8, 4) is 0 Å². The average molecular weight is 493 g/mol. The molecule has 1 aromatic rings. The molecule has 31 heavy (non-hydrogen) atoms. The monoisotopic (exact) mass is 492 g/mol. The van der Waals surface area contributed by atoms with E-state index in [4.69, 9.17) is 5.14 Å². The van der Waals surface area contributed by atoms with E-state index < -0.39 is 15.6 Å². The van der Waals surface area contributed by atoms with Crippen LogP contribution in [0.1, 0.15) is 57.7 Å². The Kier molecular flexibility index (Phi) is 9.56. The summed E-state index contributed by atoms with van der Waals surface area (Å²) in [5.41, 5.74) is 4.21.